The summed E-state index contributed by atoms with van der Waals surface area (Å²) in [6, 6.07) is 0.269. The molecule has 0 aromatic heterocycles. The van der Waals surface area contributed by atoms with Gasteiger partial charge in [0.1, 0.15) is 5.54 Å². The number of ether oxygens (including phenoxy) is 2. The summed E-state index contributed by atoms with van der Waals surface area (Å²) in [6.07, 6.45) is 3.00. The average molecular weight is 303 g/mol. The Labute approximate surface area is 127 Å². The molecule has 0 saturated carbocycles. The Morgan fingerprint density at radius 2 is 2.15 bits per heavy atom. The van der Waals surface area contributed by atoms with E-state index in [-0.39, 0.29) is 12.0 Å². The van der Waals surface area contributed by atoms with Crippen LogP contribution in [-0.4, -0.2) is 48.4 Å². The second-order valence-electron chi connectivity index (χ2n) is 5.84. The average Bonchev–Trinajstić information content (AvgIpc) is 2.30. The molecule has 0 spiro atoms. The molecule has 20 heavy (non-hydrogen) atoms. The number of hydrogen-bond donors (Lipinski definition) is 1. The fourth-order valence-corrected chi connectivity index (χ4v) is 3.39. The van der Waals surface area contributed by atoms with Crippen LogP contribution in [-0.2, 0) is 14.3 Å². The highest BCUT2D eigenvalue weighted by atomic mass is 32.2. The number of esters is 1. The van der Waals surface area contributed by atoms with Crippen LogP contribution >= 0.6 is 11.8 Å². The third kappa shape index (κ3) is 6.02. The molecule has 0 aliphatic carbocycles. The van der Waals surface area contributed by atoms with Crippen molar-refractivity contribution in [1.82, 2.24) is 5.32 Å². The highest BCUT2D eigenvalue weighted by Gasteiger charge is 2.34. The summed E-state index contributed by atoms with van der Waals surface area (Å²) in [4.78, 5) is 12.1. The van der Waals surface area contributed by atoms with Crippen molar-refractivity contribution >= 4 is 17.7 Å². The molecule has 1 N–H and O–H groups in total. The van der Waals surface area contributed by atoms with Gasteiger partial charge < -0.3 is 9.47 Å². The van der Waals surface area contributed by atoms with Gasteiger partial charge in [-0.1, -0.05) is 6.42 Å². The summed E-state index contributed by atoms with van der Waals surface area (Å²) in [5, 5.41) is 4.06. The van der Waals surface area contributed by atoms with Crippen molar-refractivity contribution in [2.24, 2.45) is 0 Å². The third-order valence-electron chi connectivity index (χ3n) is 3.37. The van der Waals surface area contributed by atoms with Crippen molar-refractivity contribution in [3.8, 4) is 0 Å². The molecule has 0 aromatic carbocycles. The lowest BCUT2D eigenvalue weighted by Crippen LogP contribution is -2.53. The molecular weight excluding hydrogens is 274 g/mol. The molecule has 5 heteroatoms. The van der Waals surface area contributed by atoms with Crippen LogP contribution in [0.4, 0.5) is 0 Å². The molecule has 0 aromatic rings. The van der Waals surface area contributed by atoms with Crippen molar-refractivity contribution < 1.29 is 14.3 Å². The molecule has 1 fully saturated rings. The summed E-state index contributed by atoms with van der Waals surface area (Å²) in [6.45, 7) is 10.2. The number of carbonyl (C=O) groups excluding carboxylic acids is 1. The van der Waals surface area contributed by atoms with Crippen LogP contribution in [0.15, 0.2) is 0 Å². The van der Waals surface area contributed by atoms with Gasteiger partial charge in [-0.3, -0.25) is 10.1 Å². The number of carbonyl (C=O) groups is 1. The zero-order valence-electron chi connectivity index (χ0n) is 13.2. The fraction of sp³-hybridized carbons (Fsp3) is 0.933. The normalized spacial score (nSPS) is 18.6. The minimum absolute atomic E-state index is 0.131. The lowest BCUT2D eigenvalue weighted by Gasteiger charge is -2.31. The van der Waals surface area contributed by atoms with Gasteiger partial charge in [-0.05, 0) is 46.3 Å². The summed E-state index contributed by atoms with van der Waals surface area (Å²) < 4.78 is 10.4. The molecule has 0 amide bonds. The highest BCUT2D eigenvalue weighted by Crippen LogP contribution is 2.22. The summed E-state index contributed by atoms with van der Waals surface area (Å²) in [7, 11) is 0. The maximum absolute atomic E-state index is 12.1. The molecule has 1 unspecified atom stereocenters. The van der Waals surface area contributed by atoms with Crippen molar-refractivity contribution in [3.05, 3.63) is 0 Å². The molecule has 1 aliphatic heterocycles. The Kier molecular flexibility index (Phi) is 7.92. The molecule has 0 bridgehead atoms. The van der Waals surface area contributed by atoms with Crippen molar-refractivity contribution in [3.63, 3.8) is 0 Å². The van der Waals surface area contributed by atoms with Crippen molar-refractivity contribution in [2.45, 2.75) is 63.8 Å². The summed E-state index contributed by atoms with van der Waals surface area (Å²) in [5.41, 5.74) is -0.561. The molecule has 1 heterocycles. The molecule has 4 nitrogen and oxygen atoms in total. The van der Waals surface area contributed by atoms with Gasteiger partial charge in [-0.15, -0.1) is 0 Å². The number of unbranched alkanes of at least 4 members (excludes halogenated alkanes) is 1. The Morgan fingerprint density at radius 3 is 2.65 bits per heavy atom. The van der Waals surface area contributed by atoms with E-state index in [2.05, 4.69) is 19.2 Å². The standard InChI is InChI=1S/C15H29NO3S/c1-5-19-14(17)15(4,16-12(2)3)8-6-7-9-20-13-10-18-11-13/h12-13,16H,5-11H2,1-4H3. The van der Waals surface area contributed by atoms with Crippen LogP contribution in [0.25, 0.3) is 0 Å². The first kappa shape index (κ1) is 17.8. The van der Waals surface area contributed by atoms with Crippen LogP contribution in [0, 0.1) is 0 Å². The Balaban J connectivity index is 2.29. The van der Waals surface area contributed by atoms with Gasteiger partial charge in [0.05, 0.1) is 25.1 Å². The van der Waals surface area contributed by atoms with Crippen LogP contribution in [0.1, 0.15) is 47.0 Å². The Hall–Kier alpha value is -0.260. The van der Waals surface area contributed by atoms with E-state index >= 15 is 0 Å². The smallest absolute Gasteiger partial charge is 0.326 e. The van der Waals surface area contributed by atoms with Gasteiger partial charge in [0.2, 0.25) is 0 Å². The predicted octanol–water partition coefficient (Wildman–Crippen LogP) is 2.61. The van der Waals surface area contributed by atoms with E-state index in [9.17, 15) is 4.79 Å². The van der Waals surface area contributed by atoms with Crippen molar-refractivity contribution in [1.29, 1.82) is 0 Å². The Morgan fingerprint density at radius 1 is 1.45 bits per heavy atom. The van der Waals surface area contributed by atoms with Crippen LogP contribution in [0.5, 0.6) is 0 Å². The minimum atomic E-state index is -0.561. The van der Waals surface area contributed by atoms with E-state index in [0.29, 0.717) is 11.9 Å². The van der Waals surface area contributed by atoms with Gasteiger partial charge in [-0.2, -0.15) is 11.8 Å². The highest BCUT2D eigenvalue weighted by molar-refractivity contribution is 8.00. The number of nitrogens with one attached hydrogen (secondary N) is 1. The fourth-order valence-electron chi connectivity index (χ4n) is 2.30. The first-order valence-electron chi connectivity index (χ1n) is 7.62. The molecule has 118 valence electrons. The molecule has 1 atom stereocenters. The van der Waals surface area contributed by atoms with Crippen LogP contribution < -0.4 is 5.32 Å². The van der Waals surface area contributed by atoms with Crippen LogP contribution in [0.2, 0.25) is 0 Å². The summed E-state index contributed by atoms with van der Waals surface area (Å²) in [5.74, 6) is 1.02. The monoisotopic (exact) mass is 303 g/mol. The van der Waals surface area contributed by atoms with Crippen LogP contribution in [0.3, 0.4) is 0 Å². The van der Waals surface area contributed by atoms with E-state index in [1.54, 1.807) is 0 Å². The predicted molar refractivity (Wildman–Crippen MR) is 84.2 cm³/mol. The SMILES string of the molecule is CCOC(=O)C(C)(CCCCSC1COC1)NC(C)C. The van der Waals surface area contributed by atoms with Gasteiger partial charge in [0.15, 0.2) is 0 Å². The summed E-state index contributed by atoms with van der Waals surface area (Å²) >= 11 is 1.98. The van der Waals surface area contributed by atoms with Gasteiger partial charge in [-0.25, -0.2) is 0 Å². The second-order valence-corrected chi connectivity index (χ2v) is 7.25. The van der Waals surface area contributed by atoms with E-state index in [4.69, 9.17) is 9.47 Å². The first-order valence-corrected chi connectivity index (χ1v) is 8.67. The zero-order valence-corrected chi connectivity index (χ0v) is 14.1. The number of hydrogen-bond acceptors (Lipinski definition) is 5. The molecule has 1 aliphatic rings. The number of rotatable bonds is 10. The minimum Gasteiger partial charge on any atom is -0.465 e. The topological polar surface area (TPSA) is 47.6 Å². The van der Waals surface area contributed by atoms with Gasteiger partial charge in [0, 0.05) is 6.04 Å². The lowest BCUT2D eigenvalue weighted by molar-refractivity contribution is -0.151. The van der Waals surface area contributed by atoms with Crippen molar-refractivity contribution in [2.75, 3.05) is 25.6 Å². The van der Waals surface area contributed by atoms with Gasteiger partial charge >= 0.3 is 5.97 Å². The second kappa shape index (κ2) is 8.90. The lowest BCUT2D eigenvalue weighted by atomic mass is 9.94. The molecule has 1 rings (SSSR count). The maximum Gasteiger partial charge on any atom is 0.326 e. The third-order valence-corrected chi connectivity index (χ3v) is 4.63. The largest absolute Gasteiger partial charge is 0.465 e. The zero-order chi connectivity index (χ0) is 15.0. The quantitative estimate of drug-likeness (QED) is 0.496. The molecular formula is C15H29NO3S. The van der Waals surface area contributed by atoms with E-state index in [1.165, 1.54) is 0 Å². The van der Waals surface area contributed by atoms with Gasteiger partial charge in [0.25, 0.3) is 0 Å². The van der Waals surface area contributed by atoms with E-state index < -0.39 is 5.54 Å². The van der Waals surface area contributed by atoms with E-state index in [1.807, 2.05) is 25.6 Å². The molecule has 0 radical (unpaired) electrons. The van der Waals surface area contributed by atoms with E-state index in [0.717, 1.165) is 38.2 Å². The maximum atomic E-state index is 12.1. The molecule has 1 saturated heterocycles. The number of thioether (sulfide) groups is 1. The Bertz CT molecular complexity index is 295. The first-order chi connectivity index (χ1) is 9.48.